The maximum Gasteiger partial charge on any atom is 0.198 e. The molecule has 1 nitrogen and oxygen atoms in total. The van der Waals surface area contributed by atoms with Crippen molar-refractivity contribution in [2.45, 2.75) is 26.2 Å². The van der Waals surface area contributed by atoms with Gasteiger partial charge >= 0.3 is 0 Å². The van der Waals surface area contributed by atoms with Gasteiger partial charge in [0.15, 0.2) is 5.12 Å². The van der Waals surface area contributed by atoms with Gasteiger partial charge in [-0.15, -0.1) is 0 Å². The molecule has 0 aromatic rings. The number of hydrogen-bond donors (Lipinski definition) is 0. The van der Waals surface area contributed by atoms with Crippen LogP contribution in [-0.4, -0.2) is 22.9 Å². The van der Waals surface area contributed by atoms with E-state index in [2.05, 4.69) is 6.92 Å². The molecule has 0 saturated carbocycles. The third kappa shape index (κ3) is 8.27. The molecule has 0 spiro atoms. The SMILES string of the molecule is CCCCCSCC(=O)SC. The Balaban J connectivity index is 2.95. The van der Waals surface area contributed by atoms with E-state index in [0.717, 1.165) is 5.75 Å². The molecule has 0 radical (unpaired) electrons. The Morgan fingerprint density at radius 2 is 2.09 bits per heavy atom. The van der Waals surface area contributed by atoms with Gasteiger partial charge in [-0.05, 0) is 18.4 Å². The zero-order valence-electron chi connectivity index (χ0n) is 7.26. The van der Waals surface area contributed by atoms with E-state index < -0.39 is 0 Å². The van der Waals surface area contributed by atoms with Crippen molar-refractivity contribution < 1.29 is 4.79 Å². The van der Waals surface area contributed by atoms with Crippen LogP contribution in [0.1, 0.15) is 26.2 Å². The summed E-state index contributed by atoms with van der Waals surface area (Å²) in [5.74, 6) is 1.82. The fourth-order valence-electron chi connectivity index (χ4n) is 0.669. The lowest BCUT2D eigenvalue weighted by atomic mass is 10.3. The summed E-state index contributed by atoms with van der Waals surface area (Å²) in [5.41, 5.74) is 0. The highest BCUT2D eigenvalue weighted by molar-refractivity contribution is 8.15. The maximum atomic E-state index is 10.8. The summed E-state index contributed by atoms with van der Waals surface area (Å²) in [6.07, 6.45) is 5.65. The van der Waals surface area contributed by atoms with Crippen molar-refractivity contribution in [1.29, 1.82) is 0 Å². The number of rotatable bonds is 6. The second kappa shape index (κ2) is 8.47. The fraction of sp³-hybridized carbons (Fsp3) is 0.875. The molecule has 3 heteroatoms. The van der Waals surface area contributed by atoms with E-state index in [1.165, 1.54) is 31.0 Å². The second-order valence-electron chi connectivity index (χ2n) is 2.34. The topological polar surface area (TPSA) is 17.1 Å². The molecule has 66 valence electrons. The lowest BCUT2D eigenvalue weighted by molar-refractivity contribution is -0.108. The summed E-state index contributed by atoms with van der Waals surface area (Å²) in [6, 6.07) is 0. The average molecular weight is 192 g/mol. The first-order chi connectivity index (χ1) is 5.31. The molecular formula is C8H16OS2. The van der Waals surface area contributed by atoms with Crippen LogP contribution in [0.4, 0.5) is 0 Å². The summed E-state index contributed by atoms with van der Waals surface area (Å²) in [5, 5.41) is 0.298. The van der Waals surface area contributed by atoms with Crippen LogP contribution >= 0.6 is 23.5 Å². The van der Waals surface area contributed by atoms with Gasteiger partial charge in [-0.2, -0.15) is 11.8 Å². The maximum absolute atomic E-state index is 10.8. The lowest BCUT2D eigenvalue weighted by Crippen LogP contribution is -1.94. The van der Waals surface area contributed by atoms with E-state index in [9.17, 15) is 4.79 Å². The molecule has 0 bridgehead atoms. The summed E-state index contributed by atoms with van der Waals surface area (Å²) in [7, 11) is 0. The largest absolute Gasteiger partial charge is 0.286 e. The molecule has 11 heavy (non-hydrogen) atoms. The Morgan fingerprint density at radius 3 is 2.64 bits per heavy atom. The Bertz CT molecular complexity index is 104. The number of carbonyl (C=O) groups excluding carboxylic acids is 1. The Morgan fingerprint density at radius 1 is 1.36 bits per heavy atom. The molecule has 0 N–H and O–H groups in total. The number of unbranched alkanes of at least 4 members (excludes halogenated alkanes) is 2. The minimum Gasteiger partial charge on any atom is -0.286 e. The van der Waals surface area contributed by atoms with Crippen LogP contribution < -0.4 is 0 Å². The number of hydrogen-bond acceptors (Lipinski definition) is 3. The normalized spacial score (nSPS) is 10.0. The fourth-order valence-corrected chi connectivity index (χ4v) is 2.11. The summed E-state index contributed by atoms with van der Waals surface area (Å²) < 4.78 is 0. The van der Waals surface area contributed by atoms with Gasteiger partial charge in [-0.25, -0.2) is 0 Å². The molecule has 0 aromatic carbocycles. The van der Waals surface area contributed by atoms with Crippen LogP contribution in [0.5, 0.6) is 0 Å². The molecule has 0 atom stereocenters. The Kier molecular flexibility index (Phi) is 8.75. The molecule has 0 saturated heterocycles. The van der Waals surface area contributed by atoms with Gasteiger partial charge in [-0.1, -0.05) is 31.5 Å². The molecular weight excluding hydrogens is 176 g/mol. The molecule has 0 rings (SSSR count). The molecule has 0 unspecified atom stereocenters. The van der Waals surface area contributed by atoms with Crippen LogP contribution in [-0.2, 0) is 4.79 Å². The number of thioether (sulfide) groups is 2. The van der Waals surface area contributed by atoms with E-state index in [1.807, 2.05) is 6.26 Å². The van der Waals surface area contributed by atoms with Crippen LogP contribution in [0.25, 0.3) is 0 Å². The zero-order valence-corrected chi connectivity index (χ0v) is 8.89. The quantitative estimate of drug-likeness (QED) is 0.602. The highest BCUT2D eigenvalue weighted by Crippen LogP contribution is 2.09. The molecule has 0 heterocycles. The van der Waals surface area contributed by atoms with E-state index in [-0.39, 0.29) is 0 Å². The van der Waals surface area contributed by atoms with Crippen molar-refractivity contribution in [3.05, 3.63) is 0 Å². The van der Waals surface area contributed by atoms with Crippen molar-refractivity contribution in [2.75, 3.05) is 17.8 Å². The van der Waals surface area contributed by atoms with Gasteiger partial charge < -0.3 is 0 Å². The molecule has 0 amide bonds. The average Bonchev–Trinajstić information content (AvgIpc) is 2.04. The van der Waals surface area contributed by atoms with E-state index >= 15 is 0 Å². The minimum atomic E-state index is 0.298. The smallest absolute Gasteiger partial charge is 0.198 e. The van der Waals surface area contributed by atoms with Gasteiger partial charge in [0, 0.05) is 0 Å². The summed E-state index contributed by atoms with van der Waals surface area (Å²) in [4.78, 5) is 10.8. The standard InChI is InChI=1S/C8H16OS2/c1-3-4-5-6-11-7-8(9)10-2/h3-7H2,1-2H3. The van der Waals surface area contributed by atoms with E-state index in [4.69, 9.17) is 0 Å². The molecule has 0 aliphatic carbocycles. The van der Waals surface area contributed by atoms with Gasteiger partial charge in [-0.3, -0.25) is 4.79 Å². The van der Waals surface area contributed by atoms with Crippen LogP contribution in [0.3, 0.4) is 0 Å². The van der Waals surface area contributed by atoms with E-state index in [1.54, 1.807) is 11.8 Å². The predicted molar refractivity (Wildman–Crippen MR) is 55.4 cm³/mol. The first-order valence-electron chi connectivity index (χ1n) is 3.95. The van der Waals surface area contributed by atoms with Gasteiger partial charge in [0.2, 0.25) is 0 Å². The summed E-state index contributed by atoms with van der Waals surface area (Å²) in [6.45, 7) is 2.19. The second-order valence-corrected chi connectivity index (χ2v) is 4.30. The highest BCUT2D eigenvalue weighted by atomic mass is 32.2. The van der Waals surface area contributed by atoms with Crippen molar-refractivity contribution in [1.82, 2.24) is 0 Å². The third-order valence-electron chi connectivity index (χ3n) is 1.34. The van der Waals surface area contributed by atoms with E-state index in [0.29, 0.717) is 10.9 Å². The van der Waals surface area contributed by atoms with Gasteiger partial charge in [0.05, 0.1) is 5.75 Å². The lowest BCUT2D eigenvalue weighted by Gasteiger charge is -1.97. The zero-order chi connectivity index (χ0) is 8.53. The van der Waals surface area contributed by atoms with Crippen molar-refractivity contribution >= 4 is 28.6 Å². The van der Waals surface area contributed by atoms with Crippen molar-refractivity contribution in [2.24, 2.45) is 0 Å². The van der Waals surface area contributed by atoms with Crippen LogP contribution in [0, 0.1) is 0 Å². The predicted octanol–water partition coefficient (Wildman–Crippen LogP) is 2.80. The first kappa shape index (κ1) is 11.4. The molecule has 0 fully saturated rings. The number of carbonyl (C=O) groups is 1. The van der Waals surface area contributed by atoms with Gasteiger partial charge in [0.25, 0.3) is 0 Å². The van der Waals surface area contributed by atoms with Crippen LogP contribution in [0.15, 0.2) is 0 Å². The monoisotopic (exact) mass is 192 g/mol. The van der Waals surface area contributed by atoms with Crippen LogP contribution in [0.2, 0.25) is 0 Å². The highest BCUT2D eigenvalue weighted by Gasteiger charge is 1.97. The minimum absolute atomic E-state index is 0.298. The summed E-state index contributed by atoms with van der Waals surface area (Å²) >= 11 is 3.08. The third-order valence-corrected chi connectivity index (χ3v) is 3.17. The molecule has 0 aliphatic heterocycles. The van der Waals surface area contributed by atoms with Gasteiger partial charge in [0.1, 0.15) is 0 Å². The Labute approximate surface area is 77.7 Å². The Hall–Kier alpha value is 0.370. The van der Waals surface area contributed by atoms with Crippen molar-refractivity contribution in [3.63, 3.8) is 0 Å². The van der Waals surface area contributed by atoms with Crippen molar-refractivity contribution in [3.8, 4) is 0 Å². The first-order valence-corrected chi connectivity index (χ1v) is 6.33. The molecule has 0 aliphatic rings. The molecule has 0 aromatic heterocycles.